The fourth-order valence-electron chi connectivity index (χ4n) is 4.43. The van der Waals surface area contributed by atoms with Crippen molar-refractivity contribution >= 4 is 5.91 Å². The van der Waals surface area contributed by atoms with E-state index in [0.29, 0.717) is 24.8 Å². The number of aliphatic hydroxyl groups excluding tert-OH is 1. The Labute approximate surface area is 150 Å². The first-order valence-corrected chi connectivity index (χ1v) is 9.71. The summed E-state index contributed by atoms with van der Waals surface area (Å²) in [5.74, 6) is 0.222. The van der Waals surface area contributed by atoms with Gasteiger partial charge in [-0.15, -0.1) is 0 Å². The van der Waals surface area contributed by atoms with Crippen LogP contribution in [0.2, 0.25) is 0 Å². The zero-order chi connectivity index (χ0) is 17.8. The second-order valence-electron chi connectivity index (χ2n) is 7.74. The Balaban J connectivity index is 1.61. The Bertz CT molecular complexity index is 597. The lowest BCUT2D eigenvalue weighted by atomic mass is 9.87. The van der Waals surface area contributed by atoms with Gasteiger partial charge in [0.05, 0.1) is 6.10 Å². The summed E-state index contributed by atoms with van der Waals surface area (Å²) in [4.78, 5) is 18.3. The second-order valence-corrected chi connectivity index (χ2v) is 7.74. The maximum atomic E-state index is 11.0. The number of primary amides is 1. The molecule has 1 aromatic rings. The van der Waals surface area contributed by atoms with Crippen molar-refractivity contribution in [2.75, 3.05) is 13.1 Å². The average molecular weight is 345 g/mol. The molecule has 3 N–H and O–H groups in total. The van der Waals surface area contributed by atoms with Crippen LogP contribution < -0.4 is 5.73 Å². The van der Waals surface area contributed by atoms with E-state index in [1.807, 2.05) is 6.92 Å². The Hall–Kier alpha value is -1.46. The fourth-order valence-corrected chi connectivity index (χ4v) is 4.43. The van der Waals surface area contributed by atoms with Crippen molar-refractivity contribution in [3.05, 3.63) is 29.1 Å². The number of aromatic nitrogens is 1. The quantitative estimate of drug-likeness (QED) is 0.858. The molecule has 2 heterocycles. The number of hydrogen-bond acceptors (Lipinski definition) is 4. The van der Waals surface area contributed by atoms with Crippen LogP contribution in [-0.4, -0.2) is 46.1 Å². The highest BCUT2D eigenvalue weighted by atomic mass is 16.3. The van der Waals surface area contributed by atoms with E-state index in [-0.39, 0.29) is 12.0 Å². The zero-order valence-corrected chi connectivity index (χ0v) is 15.3. The minimum atomic E-state index is -0.254. The van der Waals surface area contributed by atoms with Gasteiger partial charge in [0.1, 0.15) is 0 Å². The van der Waals surface area contributed by atoms with E-state index < -0.39 is 0 Å². The number of piperidine rings is 1. The van der Waals surface area contributed by atoms with E-state index >= 15 is 0 Å². The minimum Gasteiger partial charge on any atom is -0.391 e. The summed E-state index contributed by atoms with van der Waals surface area (Å²) in [5, 5.41) is 10.3. The molecule has 1 aromatic heterocycles. The van der Waals surface area contributed by atoms with E-state index in [9.17, 15) is 9.90 Å². The van der Waals surface area contributed by atoms with E-state index in [1.165, 1.54) is 6.42 Å². The molecule has 138 valence electrons. The summed E-state index contributed by atoms with van der Waals surface area (Å²) in [6, 6.07) is 4.57. The van der Waals surface area contributed by atoms with Gasteiger partial charge < -0.3 is 10.8 Å². The van der Waals surface area contributed by atoms with Crippen LogP contribution in [0.5, 0.6) is 0 Å². The van der Waals surface area contributed by atoms with Crippen LogP contribution in [0.1, 0.15) is 67.8 Å². The van der Waals surface area contributed by atoms with Crippen molar-refractivity contribution in [3.63, 3.8) is 0 Å². The van der Waals surface area contributed by atoms with Crippen molar-refractivity contribution in [3.8, 4) is 0 Å². The molecule has 5 heteroatoms. The van der Waals surface area contributed by atoms with Crippen LogP contribution in [-0.2, 0) is 11.2 Å². The van der Waals surface area contributed by atoms with E-state index in [1.54, 1.807) is 0 Å². The van der Waals surface area contributed by atoms with Gasteiger partial charge in [0.2, 0.25) is 5.91 Å². The van der Waals surface area contributed by atoms with Crippen LogP contribution in [0, 0.1) is 6.92 Å². The van der Waals surface area contributed by atoms with E-state index in [0.717, 1.165) is 62.1 Å². The Kier molecular flexibility index (Phi) is 6.07. The van der Waals surface area contributed by atoms with Crippen molar-refractivity contribution in [1.29, 1.82) is 0 Å². The summed E-state index contributed by atoms with van der Waals surface area (Å²) in [5.41, 5.74) is 8.61. The van der Waals surface area contributed by atoms with Crippen molar-refractivity contribution in [2.45, 2.75) is 76.4 Å². The van der Waals surface area contributed by atoms with Crippen LogP contribution in [0.4, 0.5) is 0 Å². The topological polar surface area (TPSA) is 79.5 Å². The van der Waals surface area contributed by atoms with Gasteiger partial charge in [0.25, 0.3) is 0 Å². The monoisotopic (exact) mass is 345 g/mol. The lowest BCUT2D eigenvalue weighted by molar-refractivity contribution is -0.117. The molecule has 0 aromatic carbocycles. The molecule has 1 saturated carbocycles. The minimum absolute atomic E-state index is 0.150. The summed E-state index contributed by atoms with van der Waals surface area (Å²) >= 11 is 0. The third kappa shape index (κ3) is 4.79. The third-order valence-electron chi connectivity index (χ3n) is 5.80. The molecule has 3 rings (SSSR count). The molecule has 25 heavy (non-hydrogen) atoms. The predicted molar refractivity (Wildman–Crippen MR) is 98.3 cm³/mol. The first kappa shape index (κ1) is 18.3. The third-order valence-corrected chi connectivity index (χ3v) is 5.80. The number of amides is 1. The Morgan fingerprint density at radius 3 is 2.64 bits per heavy atom. The number of carbonyl (C=O) groups excluding carboxylic acids is 1. The molecule has 5 nitrogen and oxygen atoms in total. The molecular formula is C20H31N3O2. The number of pyridine rings is 1. The standard InChI is InChI=1S/C20H31N3O2/c1-14-12-15(6-7-20(21)25)13-17(22-14)16-8-10-23(11-9-16)18-4-2-3-5-19(18)24/h12-13,16,18-19,24H,2-11H2,1H3,(H2,21,25)/t18-,19-/m1/s1. The predicted octanol–water partition coefficient (Wildman–Crippen LogP) is 2.29. The average Bonchev–Trinajstić information content (AvgIpc) is 2.60. The lowest BCUT2D eigenvalue weighted by Gasteiger charge is -2.41. The Morgan fingerprint density at radius 2 is 1.96 bits per heavy atom. The lowest BCUT2D eigenvalue weighted by Crippen LogP contribution is -2.48. The van der Waals surface area contributed by atoms with Crippen LogP contribution >= 0.6 is 0 Å². The van der Waals surface area contributed by atoms with Crippen LogP contribution in [0.3, 0.4) is 0 Å². The molecule has 1 amide bonds. The summed E-state index contributed by atoms with van der Waals surface area (Å²) < 4.78 is 0. The molecule has 0 radical (unpaired) electrons. The molecule has 0 bridgehead atoms. The highest BCUT2D eigenvalue weighted by molar-refractivity contribution is 5.74. The molecule has 2 fully saturated rings. The van der Waals surface area contributed by atoms with E-state index in [2.05, 4.69) is 17.0 Å². The fraction of sp³-hybridized carbons (Fsp3) is 0.700. The van der Waals surface area contributed by atoms with Crippen molar-refractivity contribution in [1.82, 2.24) is 9.88 Å². The number of nitrogens with two attached hydrogens (primary N) is 1. The number of carbonyl (C=O) groups is 1. The van der Waals surface area contributed by atoms with Gasteiger partial charge in [-0.3, -0.25) is 14.7 Å². The number of aryl methyl sites for hydroxylation is 2. The largest absolute Gasteiger partial charge is 0.391 e. The molecular weight excluding hydrogens is 314 g/mol. The zero-order valence-electron chi connectivity index (χ0n) is 15.3. The summed E-state index contributed by atoms with van der Waals surface area (Å²) in [6.45, 7) is 4.10. The van der Waals surface area contributed by atoms with Crippen LogP contribution in [0.25, 0.3) is 0 Å². The molecule has 1 aliphatic heterocycles. The SMILES string of the molecule is Cc1cc(CCC(N)=O)cc(C2CCN([C@@H]3CCCC[C@H]3O)CC2)n1. The van der Waals surface area contributed by atoms with Gasteiger partial charge in [0, 0.05) is 29.8 Å². The first-order chi connectivity index (χ1) is 12.0. The van der Waals surface area contributed by atoms with Gasteiger partial charge in [-0.25, -0.2) is 0 Å². The maximum absolute atomic E-state index is 11.0. The second kappa shape index (κ2) is 8.28. The summed E-state index contributed by atoms with van der Waals surface area (Å²) in [7, 11) is 0. The molecule has 2 aliphatic rings. The molecule has 0 spiro atoms. The van der Waals surface area contributed by atoms with Gasteiger partial charge in [0.15, 0.2) is 0 Å². The molecule has 1 saturated heterocycles. The normalized spacial score (nSPS) is 25.8. The highest BCUT2D eigenvalue weighted by Gasteiger charge is 2.32. The van der Waals surface area contributed by atoms with Gasteiger partial charge >= 0.3 is 0 Å². The van der Waals surface area contributed by atoms with E-state index in [4.69, 9.17) is 10.7 Å². The van der Waals surface area contributed by atoms with Gasteiger partial charge in [-0.05, 0) is 69.8 Å². The van der Waals surface area contributed by atoms with Crippen LogP contribution in [0.15, 0.2) is 12.1 Å². The molecule has 1 aliphatic carbocycles. The van der Waals surface area contributed by atoms with Gasteiger partial charge in [-0.1, -0.05) is 12.8 Å². The van der Waals surface area contributed by atoms with Gasteiger partial charge in [-0.2, -0.15) is 0 Å². The highest BCUT2D eigenvalue weighted by Crippen LogP contribution is 2.32. The number of nitrogens with zero attached hydrogens (tertiary/aromatic N) is 2. The summed E-state index contributed by atoms with van der Waals surface area (Å²) in [6.07, 6.45) is 7.60. The smallest absolute Gasteiger partial charge is 0.217 e. The first-order valence-electron chi connectivity index (χ1n) is 9.71. The Morgan fingerprint density at radius 1 is 1.24 bits per heavy atom. The van der Waals surface area contributed by atoms with Crippen molar-refractivity contribution < 1.29 is 9.90 Å². The molecule has 2 atom stereocenters. The van der Waals surface area contributed by atoms with Crippen molar-refractivity contribution in [2.24, 2.45) is 5.73 Å². The molecule has 0 unspecified atom stereocenters. The number of aliphatic hydroxyl groups is 1. The number of hydrogen-bond donors (Lipinski definition) is 2. The number of rotatable bonds is 5. The maximum Gasteiger partial charge on any atom is 0.217 e. The number of likely N-dealkylation sites (tertiary alicyclic amines) is 1.